The average Bonchev–Trinajstić information content (AvgIpc) is 2.61. The van der Waals surface area contributed by atoms with Crippen LogP contribution in [0.25, 0.3) is 0 Å². The van der Waals surface area contributed by atoms with Gasteiger partial charge in [-0.25, -0.2) is 4.98 Å². The first-order valence-corrected chi connectivity index (χ1v) is 4.50. The molecule has 0 saturated carbocycles. The molecule has 1 amide bonds. The van der Waals surface area contributed by atoms with Gasteiger partial charge in [0.25, 0.3) is 0 Å². The summed E-state index contributed by atoms with van der Waals surface area (Å²) in [7, 11) is 0. The van der Waals surface area contributed by atoms with Gasteiger partial charge in [-0.05, 0) is 0 Å². The lowest BCUT2D eigenvalue weighted by molar-refractivity contribution is -0.117. The van der Waals surface area contributed by atoms with Crippen molar-refractivity contribution in [1.82, 2.24) is 9.97 Å². The van der Waals surface area contributed by atoms with Gasteiger partial charge < -0.3 is 0 Å². The van der Waals surface area contributed by atoms with Gasteiger partial charge in [-0.3, -0.25) is 14.7 Å². The predicted octanol–water partition coefficient (Wildman–Crippen LogP) is 1.02. The Morgan fingerprint density at radius 2 is 2.43 bits per heavy atom. The fourth-order valence-corrected chi connectivity index (χ4v) is 1.55. The number of anilines is 1. The van der Waals surface area contributed by atoms with E-state index in [9.17, 15) is 4.79 Å². The van der Waals surface area contributed by atoms with E-state index in [1.54, 1.807) is 23.5 Å². The molecule has 1 aliphatic rings. The quantitative estimate of drug-likeness (QED) is 0.652. The first kappa shape index (κ1) is 8.87. The summed E-state index contributed by atoms with van der Waals surface area (Å²) < 4.78 is 0. The van der Waals surface area contributed by atoms with Crippen molar-refractivity contribution in [3.8, 4) is 0 Å². The van der Waals surface area contributed by atoms with Gasteiger partial charge in [-0.1, -0.05) is 6.08 Å². The Kier molecular flexibility index (Phi) is 2.26. The van der Waals surface area contributed by atoms with Crippen LogP contribution in [0.15, 0.2) is 31.2 Å². The van der Waals surface area contributed by atoms with E-state index in [4.69, 9.17) is 0 Å². The van der Waals surface area contributed by atoms with Crippen molar-refractivity contribution in [1.29, 1.82) is 0 Å². The molecule has 2 heterocycles. The molecule has 0 radical (unpaired) electrons. The van der Waals surface area contributed by atoms with E-state index < -0.39 is 0 Å². The first-order chi connectivity index (χ1) is 6.81. The van der Waals surface area contributed by atoms with E-state index in [1.807, 2.05) is 6.08 Å². The van der Waals surface area contributed by atoms with E-state index in [0.717, 1.165) is 0 Å². The number of aromatic nitrogens is 2. The molecule has 1 unspecified atom stereocenters. The molecule has 2 rings (SSSR count). The van der Waals surface area contributed by atoms with Crippen molar-refractivity contribution in [3.63, 3.8) is 0 Å². The van der Waals surface area contributed by atoms with Crippen LogP contribution < -0.4 is 4.90 Å². The van der Waals surface area contributed by atoms with Gasteiger partial charge in [-0.15, -0.1) is 6.58 Å². The maximum atomic E-state index is 11.6. The molecule has 4 heteroatoms. The van der Waals surface area contributed by atoms with Crippen molar-refractivity contribution in [3.05, 3.63) is 31.2 Å². The minimum absolute atomic E-state index is 0.0930. The third-order valence-electron chi connectivity index (χ3n) is 2.31. The number of hydrogen-bond donors (Lipinski definition) is 0. The third kappa shape index (κ3) is 1.51. The van der Waals surface area contributed by atoms with Crippen LogP contribution >= 0.6 is 0 Å². The normalized spacial score (nSPS) is 21.3. The minimum atomic E-state index is 0.0930. The fraction of sp³-hybridized carbons (Fsp3) is 0.300. The highest BCUT2D eigenvalue weighted by Crippen LogP contribution is 2.22. The number of carbonyl (C=O) groups excluding carboxylic acids is 1. The fourth-order valence-electron chi connectivity index (χ4n) is 1.55. The van der Waals surface area contributed by atoms with Gasteiger partial charge in [0, 0.05) is 31.3 Å². The molecule has 0 N–H and O–H groups in total. The van der Waals surface area contributed by atoms with E-state index in [1.165, 1.54) is 0 Å². The maximum absolute atomic E-state index is 11.6. The van der Waals surface area contributed by atoms with Gasteiger partial charge >= 0.3 is 0 Å². The van der Waals surface area contributed by atoms with E-state index in [2.05, 4.69) is 16.5 Å². The predicted molar refractivity (Wildman–Crippen MR) is 52.7 cm³/mol. The molecule has 1 fully saturated rings. The molecule has 0 aliphatic carbocycles. The Balaban J connectivity index is 2.21. The molecule has 0 spiro atoms. The van der Waals surface area contributed by atoms with Gasteiger partial charge in [0.1, 0.15) is 0 Å². The molecule has 1 aliphatic heterocycles. The Bertz CT molecular complexity index is 350. The van der Waals surface area contributed by atoms with Crippen LogP contribution in [-0.4, -0.2) is 22.4 Å². The molecule has 1 aromatic heterocycles. The Labute approximate surface area is 82.3 Å². The van der Waals surface area contributed by atoms with E-state index in [-0.39, 0.29) is 11.8 Å². The molecule has 1 atom stereocenters. The molecular weight excluding hydrogens is 178 g/mol. The van der Waals surface area contributed by atoms with Crippen LogP contribution in [-0.2, 0) is 4.79 Å². The first-order valence-electron chi connectivity index (χ1n) is 4.50. The minimum Gasteiger partial charge on any atom is -0.295 e. The van der Waals surface area contributed by atoms with E-state index in [0.29, 0.717) is 18.8 Å². The largest absolute Gasteiger partial charge is 0.295 e. The van der Waals surface area contributed by atoms with Gasteiger partial charge in [-0.2, -0.15) is 0 Å². The molecule has 4 nitrogen and oxygen atoms in total. The number of rotatable bonds is 2. The van der Waals surface area contributed by atoms with Crippen LogP contribution in [0.3, 0.4) is 0 Å². The third-order valence-corrected chi connectivity index (χ3v) is 2.31. The molecule has 14 heavy (non-hydrogen) atoms. The highest BCUT2D eigenvalue weighted by Gasteiger charge is 2.29. The Hall–Kier alpha value is -1.71. The lowest BCUT2D eigenvalue weighted by Crippen LogP contribution is -2.25. The monoisotopic (exact) mass is 189 g/mol. The van der Waals surface area contributed by atoms with Crippen molar-refractivity contribution < 1.29 is 4.79 Å². The molecule has 1 aromatic rings. The van der Waals surface area contributed by atoms with Crippen LogP contribution in [0.4, 0.5) is 5.82 Å². The van der Waals surface area contributed by atoms with E-state index >= 15 is 0 Å². The molecule has 1 saturated heterocycles. The standard InChI is InChI=1S/C10H11N3O/c1-2-8-5-10(14)13(7-8)9-6-11-3-4-12-9/h2-4,6,8H,1,5,7H2. The molecule has 0 bridgehead atoms. The Morgan fingerprint density at radius 3 is 3.00 bits per heavy atom. The van der Waals surface area contributed by atoms with Gasteiger partial charge in [0.2, 0.25) is 5.91 Å². The number of nitrogens with zero attached hydrogens (tertiary/aromatic N) is 3. The average molecular weight is 189 g/mol. The lowest BCUT2D eigenvalue weighted by atomic mass is 10.1. The van der Waals surface area contributed by atoms with Crippen molar-refractivity contribution >= 4 is 11.7 Å². The van der Waals surface area contributed by atoms with Gasteiger partial charge in [0.05, 0.1) is 6.20 Å². The maximum Gasteiger partial charge on any atom is 0.228 e. The smallest absolute Gasteiger partial charge is 0.228 e. The summed E-state index contributed by atoms with van der Waals surface area (Å²) in [6, 6.07) is 0. The second-order valence-electron chi connectivity index (χ2n) is 3.27. The second-order valence-corrected chi connectivity index (χ2v) is 3.27. The molecule has 0 aromatic carbocycles. The lowest BCUT2D eigenvalue weighted by Gasteiger charge is -2.13. The topological polar surface area (TPSA) is 46.1 Å². The zero-order valence-corrected chi connectivity index (χ0v) is 7.76. The highest BCUT2D eigenvalue weighted by molar-refractivity contribution is 5.94. The van der Waals surface area contributed by atoms with Crippen molar-refractivity contribution in [2.24, 2.45) is 5.92 Å². The van der Waals surface area contributed by atoms with Crippen molar-refractivity contribution in [2.75, 3.05) is 11.4 Å². The number of carbonyl (C=O) groups is 1. The van der Waals surface area contributed by atoms with Crippen LogP contribution in [0.1, 0.15) is 6.42 Å². The number of hydrogen-bond acceptors (Lipinski definition) is 3. The van der Waals surface area contributed by atoms with Gasteiger partial charge in [0.15, 0.2) is 5.82 Å². The number of amides is 1. The SMILES string of the molecule is C=CC1CC(=O)N(c2cnccn2)C1. The highest BCUT2D eigenvalue weighted by atomic mass is 16.2. The summed E-state index contributed by atoms with van der Waals surface area (Å²) >= 11 is 0. The second kappa shape index (κ2) is 3.57. The Morgan fingerprint density at radius 1 is 1.57 bits per heavy atom. The zero-order valence-electron chi connectivity index (χ0n) is 7.76. The summed E-state index contributed by atoms with van der Waals surface area (Å²) in [5, 5.41) is 0. The summed E-state index contributed by atoms with van der Waals surface area (Å²) in [6.45, 7) is 4.36. The molecule has 72 valence electrons. The summed E-state index contributed by atoms with van der Waals surface area (Å²) in [4.78, 5) is 21.2. The molecular formula is C10H11N3O. The summed E-state index contributed by atoms with van der Waals surface area (Å²) in [5.41, 5.74) is 0. The summed E-state index contributed by atoms with van der Waals surface area (Å²) in [6.07, 6.45) is 7.12. The van der Waals surface area contributed by atoms with Crippen LogP contribution in [0.5, 0.6) is 0 Å². The zero-order chi connectivity index (χ0) is 9.97. The van der Waals surface area contributed by atoms with Crippen molar-refractivity contribution in [2.45, 2.75) is 6.42 Å². The summed E-state index contributed by atoms with van der Waals surface area (Å²) in [5.74, 6) is 0.960. The van der Waals surface area contributed by atoms with Crippen LogP contribution in [0.2, 0.25) is 0 Å². The van der Waals surface area contributed by atoms with Crippen LogP contribution in [0, 0.1) is 5.92 Å².